The molecule has 1 amide bonds. The van der Waals surface area contributed by atoms with Crippen LogP contribution in [0.2, 0.25) is 0 Å². The number of rotatable bonds is 7. The number of benzene rings is 1. The number of nitrogens with two attached hydrogens (primary N) is 1. The fourth-order valence-corrected chi connectivity index (χ4v) is 3.27. The van der Waals surface area contributed by atoms with Crippen molar-refractivity contribution in [3.8, 4) is 0 Å². The maximum atomic E-state index is 12.1. The molecule has 1 unspecified atom stereocenters. The lowest BCUT2D eigenvalue weighted by molar-refractivity contribution is -0.121. The molecule has 0 radical (unpaired) electrons. The van der Waals surface area contributed by atoms with Crippen LogP contribution in [0.15, 0.2) is 27.6 Å². The maximum Gasteiger partial charge on any atom is 0.242 e. The third kappa shape index (κ3) is 5.64. The number of anilines is 1. The van der Waals surface area contributed by atoms with E-state index in [1.807, 2.05) is 13.8 Å². The molecule has 0 aliphatic rings. The minimum absolute atomic E-state index is 0.000732. The minimum atomic E-state index is -3.73. The van der Waals surface area contributed by atoms with Gasteiger partial charge in [0.05, 0.1) is 5.69 Å². The first-order valence-electron chi connectivity index (χ1n) is 6.60. The molecular weight excluding hydrogens is 358 g/mol. The Bertz CT molecular complexity index is 605. The van der Waals surface area contributed by atoms with Gasteiger partial charge in [-0.3, -0.25) is 4.79 Å². The van der Waals surface area contributed by atoms with Gasteiger partial charge in [0.1, 0.15) is 4.90 Å². The fraction of sp³-hybridized carbons (Fsp3) is 0.462. The van der Waals surface area contributed by atoms with E-state index in [-0.39, 0.29) is 35.5 Å². The highest BCUT2D eigenvalue weighted by molar-refractivity contribution is 9.10. The summed E-state index contributed by atoms with van der Waals surface area (Å²) in [5, 5.41) is 2.77. The quantitative estimate of drug-likeness (QED) is 0.628. The second-order valence-corrected chi connectivity index (χ2v) is 7.36. The SMILES string of the molecule is CCC(C)NC(=O)CCNS(=O)(=O)c1cc(Br)ccc1N. The average Bonchev–Trinajstić information content (AvgIpc) is 2.40. The Kier molecular flexibility index (Phi) is 6.63. The Morgan fingerprint density at radius 1 is 1.43 bits per heavy atom. The van der Waals surface area contributed by atoms with E-state index in [1.54, 1.807) is 6.07 Å². The Labute approximate surface area is 133 Å². The standard InChI is InChI=1S/C13H20BrN3O3S/c1-3-9(2)17-13(18)6-7-16-21(19,20)12-8-10(14)4-5-11(12)15/h4-5,8-9,16H,3,6-7,15H2,1-2H3,(H,17,18). The van der Waals surface area contributed by atoms with Gasteiger partial charge in [-0.1, -0.05) is 22.9 Å². The summed E-state index contributed by atoms with van der Waals surface area (Å²) in [6.45, 7) is 3.88. The molecule has 0 saturated heterocycles. The molecule has 8 heteroatoms. The van der Waals surface area contributed by atoms with Gasteiger partial charge in [-0.15, -0.1) is 0 Å². The van der Waals surface area contributed by atoms with E-state index in [0.29, 0.717) is 4.47 Å². The number of sulfonamides is 1. The van der Waals surface area contributed by atoms with Gasteiger partial charge in [-0.25, -0.2) is 13.1 Å². The number of hydrogen-bond donors (Lipinski definition) is 3. The monoisotopic (exact) mass is 377 g/mol. The molecule has 1 rings (SSSR count). The lowest BCUT2D eigenvalue weighted by Crippen LogP contribution is -2.35. The van der Waals surface area contributed by atoms with Crippen molar-refractivity contribution < 1.29 is 13.2 Å². The number of amides is 1. The molecule has 0 aliphatic heterocycles. The third-order valence-electron chi connectivity index (χ3n) is 2.93. The highest BCUT2D eigenvalue weighted by Crippen LogP contribution is 2.22. The van der Waals surface area contributed by atoms with E-state index < -0.39 is 10.0 Å². The summed E-state index contributed by atoms with van der Waals surface area (Å²) in [6, 6.07) is 4.67. The van der Waals surface area contributed by atoms with E-state index in [4.69, 9.17) is 5.73 Å². The van der Waals surface area contributed by atoms with E-state index in [0.717, 1.165) is 6.42 Å². The van der Waals surface area contributed by atoms with Crippen LogP contribution in [0.5, 0.6) is 0 Å². The van der Waals surface area contributed by atoms with Crippen molar-refractivity contribution >= 4 is 37.5 Å². The van der Waals surface area contributed by atoms with Crippen LogP contribution in [0.1, 0.15) is 26.7 Å². The van der Waals surface area contributed by atoms with Gasteiger partial charge in [0.25, 0.3) is 0 Å². The topological polar surface area (TPSA) is 101 Å². The van der Waals surface area contributed by atoms with Gasteiger partial charge < -0.3 is 11.1 Å². The summed E-state index contributed by atoms with van der Waals surface area (Å²) >= 11 is 3.20. The van der Waals surface area contributed by atoms with Crippen molar-refractivity contribution in [2.75, 3.05) is 12.3 Å². The van der Waals surface area contributed by atoms with Crippen LogP contribution in [0.4, 0.5) is 5.69 Å². The molecular formula is C13H20BrN3O3S. The van der Waals surface area contributed by atoms with Crippen LogP contribution in [0, 0.1) is 0 Å². The summed E-state index contributed by atoms with van der Waals surface area (Å²) in [7, 11) is -3.73. The summed E-state index contributed by atoms with van der Waals surface area (Å²) in [6.07, 6.45) is 0.906. The molecule has 1 atom stereocenters. The van der Waals surface area contributed by atoms with Crippen molar-refractivity contribution in [1.82, 2.24) is 10.0 Å². The number of nitrogens with one attached hydrogen (secondary N) is 2. The van der Waals surface area contributed by atoms with Crippen molar-refractivity contribution in [2.24, 2.45) is 0 Å². The summed E-state index contributed by atoms with van der Waals surface area (Å²) in [5.74, 6) is -0.186. The largest absolute Gasteiger partial charge is 0.398 e. The van der Waals surface area contributed by atoms with Crippen molar-refractivity contribution in [1.29, 1.82) is 0 Å². The molecule has 0 aromatic heterocycles. The van der Waals surface area contributed by atoms with Crippen LogP contribution >= 0.6 is 15.9 Å². The fourth-order valence-electron chi connectivity index (χ4n) is 1.57. The molecule has 1 aromatic carbocycles. The van der Waals surface area contributed by atoms with Crippen molar-refractivity contribution in [2.45, 2.75) is 37.6 Å². The Morgan fingerprint density at radius 2 is 2.10 bits per heavy atom. The molecule has 0 saturated carbocycles. The minimum Gasteiger partial charge on any atom is -0.398 e. The van der Waals surface area contributed by atoms with Crippen LogP contribution in [0.3, 0.4) is 0 Å². The maximum absolute atomic E-state index is 12.1. The van der Waals surface area contributed by atoms with E-state index in [1.165, 1.54) is 12.1 Å². The van der Waals surface area contributed by atoms with E-state index in [9.17, 15) is 13.2 Å². The van der Waals surface area contributed by atoms with Gasteiger partial charge in [0.2, 0.25) is 15.9 Å². The molecule has 0 aliphatic carbocycles. The first-order chi connectivity index (χ1) is 9.76. The van der Waals surface area contributed by atoms with Gasteiger partial charge in [-0.2, -0.15) is 0 Å². The van der Waals surface area contributed by atoms with Crippen molar-refractivity contribution in [3.63, 3.8) is 0 Å². The summed E-state index contributed by atoms with van der Waals surface area (Å²) in [5.41, 5.74) is 5.83. The highest BCUT2D eigenvalue weighted by Gasteiger charge is 2.18. The molecule has 0 bridgehead atoms. The second kappa shape index (κ2) is 7.77. The Morgan fingerprint density at radius 3 is 2.71 bits per heavy atom. The second-order valence-electron chi connectivity index (χ2n) is 4.71. The number of hydrogen-bond acceptors (Lipinski definition) is 4. The van der Waals surface area contributed by atoms with Crippen LogP contribution < -0.4 is 15.8 Å². The van der Waals surface area contributed by atoms with Gasteiger partial charge in [-0.05, 0) is 31.5 Å². The van der Waals surface area contributed by atoms with Crippen LogP contribution in [-0.2, 0) is 14.8 Å². The normalized spacial score (nSPS) is 12.9. The first kappa shape index (κ1) is 17.9. The number of carbonyl (C=O) groups is 1. The number of halogens is 1. The molecule has 4 N–H and O–H groups in total. The highest BCUT2D eigenvalue weighted by atomic mass is 79.9. The number of nitrogen functional groups attached to an aromatic ring is 1. The molecule has 6 nitrogen and oxygen atoms in total. The molecule has 0 heterocycles. The Balaban J connectivity index is 2.62. The van der Waals surface area contributed by atoms with Gasteiger partial charge in [0.15, 0.2) is 0 Å². The Hall–Kier alpha value is -1.12. The van der Waals surface area contributed by atoms with E-state index >= 15 is 0 Å². The molecule has 0 fully saturated rings. The average molecular weight is 378 g/mol. The number of carbonyl (C=O) groups excluding carboxylic acids is 1. The molecule has 1 aromatic rings. The predicted octanol–water partition coefficient (Wildman–Crippen LogP) is 1.61. The summed E-state index contributed by atoms with van der Waals surface area (Å²) in [4.78, 5) is 11.6. The van der Waals surface area contributed by atoms with Crippen LogP contribution in [-0.4, -0.2) is 26.9 Å². The van der Waals surface area contributed by atoms with Crippen molar-refractivity contribution in [3.05, 3.63) is 22.7 Å². The zero-order chi connectivity index (χ0) is 16.0. The molecule has 118 valence electrons. The van der Waals surface area contributed by atoms with Crippen LogP contribution in [0.25, 0.3) is 0 Å². The van der Waals surface area contributed by atoms with Gasteiger partial charge >= 0.3 is 0 Å². The zero-order valence-corrected chi connectivity index (χ0v) is 14.4. The lowest BCUT2D eigenvalue weighted by Gasteiger charge is -2.12. The summed E-state index contributed by atoms with van der Waals surface area (Å²) < 4.78 is 27.2. The van der Waals surface area contributed by atoms with Gasteiger partial charge in [0, 0.05) is 23.5 Å². The molecule has 0 spiro atoms. The van der Waals surface area contributed by atoms with E-state index in [2.05, 4.69) is 26.0 Å². The smallest absolute Gasteiger partial charge is 0.242 e. The predicted molar refractivity (Wildman–Crippen MR) is 86.3 cm³/mol. The molecule has 21 heavy (non-hydrogen) atoms. The lowest BCUT2D eigenvalue weighted by atomic mass is 10.2. The zero-order valence-electron chi connectivity index (χ0n) is 12.0. The third-order valence-corrected chi connectivity index (χ3v) is 4.94. The first-order valence-corrected chi connectivity index (χ1v) is 8.88.